The van der Waals surface area contributed by atoms with Crippen molar-refractivity contribution in [2.75, 3.05) is 25.5 Å². The molecule has 0 saturated heterocycles. The van der Waals surface area contributed by atoms with Gasteiger partial charge in [0.25, 0.3) is 0 Å². The van der Waals surface area contributed by atoms with Crippen molar-refractivity contribution in [3.63, 3.8) is 0 Å². The van der Waals surface area contributed by atoms with Crippen LogP contribution in [0.3, 0.4) is 0 Å². The molecular weight excluding hydrogens is 299 g/mol. The maximum atomic E-state index is 13.4. The number of benzene rings is 1. The van der Waals surface area contributed by atoms with Gasteiger partial charge in [-0.05, 0) is 25.0 Å². The zero-order chi connectivity index (χ0) is 16.3. The molecular formula is C14H16F3N3O2. The summed E-state index contributed by atoms with van der Waals surface area (Å²) in [5.41, 5.74) is -0.317. The van der Waals surface area contributed by atoms with Crippen molar-refractivity contribution in [2.45, 2.75) is 18.9 Å². The largest absolute Gasteiger partial charge is 0.374 e. The zero-order valence-electron chi connectivity index (χ0n) is 12.0. The number of nitrogens with one attached hydrogen (secondary N) is 2. The summed E-state index contributed by atoms with van der Waals surface area (Å²) in [5.74, 6) is -5.03. The monoisotopic (exact) mass is 315 g/mol. The maximum Gasteiger partial charge on any atom is 0.242 e. The van der Waals surface area contributed by atoms with Crippen molar-refractivity contribution in [1.29, 1.82) is 0 Å². The highest BCUT2D eigenvalue weighted by molar-refractivity contribution is 5.86. The van der Waals surface area contributed by atoms with E-state index in [-0.39, 0.29) is 30.7 Å². The molecule has 1 aromatic rings. The third-order valence-electron chi connectivity index (χ3n) is 3.21. The molecule has 0 bridgehead atoms. The van der Waals surface area contributed by atoms with Gasteiger partial charge in [-0.1, -0.05) is 0 Å². The van der Waals surface area contributed by atoms with Gasteiger partial charge in [0.05, 0.1) is 18.8 Å². The van der Waals surface area contributed by atoms with E-state index in [0.29, 0.717) is 0 Å². The second-order valence-electron chi connectivity index (χ2n) is 5.17. The predicted molar refractivity (Wildman–Crippen MR) is 73.6 cm³/mol. The van der Waals surface area contributed by atoms with Gasteiger partial charge >= 0.3 is 0 Å². The van der Waals surface area contributed by atoms with Crippen LogP contribution in [0.15, 0.2) is 12.1 Å². The molecule has 120 valence electrons. The first-order valence-electron chi connectivity index (χ1n) is 6.79. The highest BCUT2D eigenvalue weighted by Crippen LogP contribution is 2.19. The minimum absolute atomic E-state index is 0.114. The number of rotatable bonds is 6. The van der Waals surface area contributed by atoms with Crippen molar-refractivity contribution in [1.82, 2.24) is 10.2 Å². The van der Waals surface area contributed by atoms with Gasteiger partial charge in [0.1, 0.15) is 0 Å². The molecule has 0 heterocycles. The third-order valence-corrected chi connectivity index (χ3v) is 3.21. The number of carbonyl (C=O) groups excluding carboxylic acids is 2. The number of amides is 2. The van der Waals surface area contributed by atoms with Crippen molar-refractivity contribution < 1.29 is 22.8 Å². The van der Waals surface area contributed by atoms with E-state index in [0.717, 1.165) is 25.0 Å². The average molecular weight is 315 g/mol. The molecule has 1 aliphatic rings. The number of hydrogen-bond donors (Lipinski definition) is 2. The van der Waals surface area contributed by atoms with E-state index in [4.69, 9.17) is 0 Å². The lowest BCUT2D eigenvalue weighted by atomic mass is 10.2. The third kappa shape index (κ3) is 4.12. The fraction of sp³-hybridized carbons (Fsp3) is 0.429. The summed E-state index contributed by atoms with van der Waals surface area (Å²) < 4.78 is 39.2. The van der Waals surface area contributed by atoms with Crippen LogP contribution in [0.25, 0.3) is 0 Å². The lowest BCUT2D eigenvalue weighted by molar-refractivity contribution is -0.133. The Hall–Kier alpha value is -2.25. The van der Waals surface area contributed by atoms with E-state index >= 15 is 0 Å². The number of likely N-dealkylation sites (N-methyl/N-ethyl adjacent to an activating group) is 1. The first kappa shape index (κ1) is 16.1. The van der Waals surface area contributed by atoms with E-state index < -0.39 is 23.4 Å². The van der Waals surface area contributed by atoms with Crippen molar-refractivity contribution in [3.05, 3.63) is 29.6 Å². The molecule has 0 aliphatic heterocycles. The van der Waals surface area contributed by atoms with Gasteiger partial charge in [0, 0.05) is 13.1 Å². The number of halogens is 3. The molecule has 0 spiro atoms. The van der Waals surface area contributed by atoms with Crippen LogP contribution in [0, 0.1) is 17.5 Å². The summed E-state index contributed by atoms with van der Waals surface area (Å²) in [7, 11) is 1.43. The molecule has 2 amide bonds. The van der Waals surface area contributed by atoms with Crippen LogP contribution in [-0.4, -0.2) is 42.9 Å². The first-order valence-corrected chi connectivity index (χ1v) is 6.79. The van der Waals surface area contributed by atoms with Crippen LogP contribution in [0.5, 0.6) is 0 Å². The summed E-state index contributed by atoms with van der Waals surface area (Å²) in [6.45, 7) is -0.452. The Balaban J connectivity index is 1.83. The highest BCUT2D eigenvalue weighted by Gasteiger charge is 2.24. The Labute approximate surface area is 125 Å². The molecule has 5 nitrogen and oxygen atoms in total. The summed E-state index contributed by atoms with van der Waals surface area (Å²) in [6, 6.07) is 1.96. The molecule has 0 radical (unpaired) electrons. The van der Waals surface area contributed by atoms with Gasteiger partial charge in [-0.3, -0.25) is 9.59 Å². The van der Waals surface area contributed by atoms with Gasteiger partial charge in [-0.25, -0.2) is 13.2 Å². The Bertz CT molecular complexity index is 591. The van der Waals surface area contributed by atoms with Crippen LogP contribution >= 0.6 is 0 Å². The van der Waals surface area contributed by atoms with E-state index in [2.05, 4.69) is 10.6 Å². The number of anilines is 1. The quantitative estimate of drug-likeness (QED) is 0.777. The smallest absolute Gasteiger partial charge is 0.242 e. The number of hydrogen-bond acceptors (Lipinski definition) is 3. The van der Waals surface area contributed by atoms with E-state index in [1.165, 1.54) is 11.9 Å². The summed E-state index contributed by atoms with van der Waals surface area (Å²) >= 11 is 0. The van der Waals surface area contributed by atoms with Gasteiger partial charge in [0.2, 0.25) is 11.8 Å². The van der Waals surface area contributed by atoms with Crippen molar-refractivity contribution in [3.8, 4) is 0 Å². The Kier molecular flexibility index (Phi) is 4.89. The van der Waals surface area contributed by atoms with Crippen LogP contribution in [0.2, 0.25) is 0 Å². The van der Waals surface area contributed by atoms with Crippen LogP contribution in [0.4, 0.5) is 18.9 Å². The second-order valence-corrected chi connectivity index (χ2v) is 5.17. The fourth-order valence-electron chi connectivity index (χ4n) is 1.77. The first-order chi connectivity index (χ1) is 10.4. The maximum absolute atomic E-state index is 13.4. The van der Waals surface area contributed by atoms with Crippen LogP contribution in [0.1, 0.15) is 12.8 Å². The summed E-state index contributed by atoms with van der Waals surface area (Å²) in [5, 5.41) is 5.12. The second kappa shape index (κ2) is 6.67. The van der Waals surface area contributed by atoms with E-state index in [9.17, 15) is 22.8 Å². The molecule has 8 heteroatoms. The lowest BCUT2D eigenvalue weighted by Crippen LogP contribution is -2.41. The molecule has 1 aliphatic carbocycles. The van der Waals surface area contributed by atoms with Crippen molar-refractivity contribution in [2.24, 2.45) is 0 Å². The topological polar surface area (TPSA) is 61.4 Å². The molecule has 1 aromatic carbocycles. The normalized spacial score (nSPS) is 13.6. The van der Waals surface area contributed by atoms with E-state index in [1.807, 2.05) is 0 Å². The lowest BCUT2D eigenvalue weighted by Gasteiger charge is -2.17. The predicted octanol–water partition coefficient (Wildman–Crippen LogP) is 1.25. The van der Waals surface area contributed by atoms with Gasteiger partial charge in [-0.2, -0.15) is 0 Å². The molecule has 22 heavy (non-hydrogen) atoms. The fourth-order valence-corrected chi connectivity index (χ4v) is 1.77. The summed E-state index contributed by atoms with van der Waals surface area (Å²) in [6.07, 6.45) is 1.89. The van der Waals surface area contributed by atoms with Gasteiger partial charge < -0.3 is 15.5 Å². The molecule has 2 rings (SSSR count). The zero-order valence-corrected chi connectivity index (χ0v) is 12.0. The minimum atomic E-state index is -1.60. The van der Waals surface area contributed by atoms with Crippen LogP contribution in [-0.2, 0) is 9.59 Å². The highest BCUT2D eigenvalue weighted by atomic mass is 19.2. The van der Waals surface area contributed by atoms with E-state index in [1.54, 1.807) is 0 Å². The molecule has 0 atom stereocenters. The summed E-state index contributed by atoms with van der Waals surface area (Å²) in [4.78, 5) is 24.5. The molecule has 1 fully saturated rings. The van der Waals surface area contributed by atoms with Crippen LogP contribution < -0.4 is 10.6 Å². The SMILES string of the molecule is CN(CC(=O)NC1CC1)C(=O)CNc1ccc(F)c(F)c1F. The number of carbonyl (C=O) groups is 2. The minimum Gasteiger partial charge on any atom is -0.374 e. The van der Waals surface area contributed by atoms with Gasteiger partial charge in [-0.15, -0.1) is 0 Å². The van der Waals surface area contributed by atoms with Crippen molar-refractivity contribution >= 4 is 17.5 Å². The molecule has 1 saturated carbocycles. The standard InChI is InChI=1S/C14H16F3N3O2/c1-20(7-11(21)19-8-2-3-8)12(22)6-18-10-5-4-9(15)13(16)14(10)17/h4-5,8,18H,2-3,6-7H2,1H3,(H,19,21). The average Bonchev–Trinajstić information content (AvgIpc) is 3.27. The Morgan fingerprint density at radius 3 is 2.55 bits per heavy atom. The van der Waals surface area contributed by atoms with Gasteiger partial charge in [0.15, 0.2) is 17.5 Å². The Morgan fingerprint density at radius 1 is 1.23 bits per heavy atom. The number of nitrogens with zero attached hydrogens (tertiary/aromatic N) is 1. The Morgan fingerprint density at radius 2 is 1.91 bits per heavy atom. The molecule has 0 aromatic heterocycles. The molecule has 0 unspecified atom stereocenters. The molecule has 2 N–H and O–H groups in total.